The van der Waals surface area contributed by atoms with Crippen molar-refractivity contribution >= 4 is 29.1 Å². The number of amides is 1. The van der Waals surface area contributed by atoms with Crippen molar-refractivity contribution in [3.8, 4) is 5.75 Å². The van der Waals surface area contributed by atoms with Gasteiger partial charge in [-0.25, -0.2) is 4.39 Å². The largest absolute Gasteiger partial charge is 0.507 e. The molecule has 1 atom stereocenters. The maximum Gasteiger partial charge on any atom is 0.295 e. The first kappa shape index (κ1) is 22.8. The summed E-state index contributed by atoms with van der Waals surface area (Å²) in [6.07, 6.45) is 0. The van der Waals surface area contributed by atoms with Gasteiger partial charge in [-0.15, -0.1) is 0 Å². The lowest BCUT2D eigenvalue weighted by Crippen LogP contribution is -2.35. The molecule has 1 aliphatic rings. The van der Waals surface area contributed by atoms with E-state index in [9.17, 15) is 19.1 Å². The fourth-order valence-electron chi connectivity index (χ4n) is 3.52. The normalized spacial score (nSPS) is 18.1. The molecule has 0 radical (unpaired) electrons. The average molecular weight is 447 g/mol. The van der Waals surface area contributed by atoms with Gasteiger partial charge in [-0.2, -0.15) is 0 Å². The fraction of sp³-hybridized carbons (Fsp3) is 0.304. The Kier molecular flexibility index (Phi) is 6.97. The van der Waals surface area contributed by atoms with Crippen LogP contribution in [0, 0.1) is 5.82 Å². The number of carbonyl (C=O) groups is 2. The van der Waals surface area contributed by atoms with Gasteiger partial charge in [0.1, 0.15) is 17.3 Å². The number of carbonyl (C=O) groups excluding carboxylic acids is 2. The van der Waals surface area contributed by atoms with Crippen LogP contribution in [0.1, 0.15) is 24.1 Å². The Labute approximate surface area is 185 Å². The monoisotopic (exact) mass is 446 g/mol. The summed E-state index contributed by atoms with van der Waals surface area (Å²) in [4.78, 5) is 29.0. The lowest BCUT2D eigenvalue weighted by molar-refractivity contribution is -0.140. The highest BCUT2D eigenvalue weighted by Gasteiger charge is 2.46. The topological polar surface area (TPSA) is 70.1 Å². The number of nitrogens with zero attached hydrogens (tertiary/aromatic N) is 2. The number of hydrogen-bond acceptors (Lipinski definition) is 5. The molecule has 0 aliphatic carbocycles. The van der Waals surface area contributed by atoms with Crippen LogP contribution in [0.2, 0.25) is 5.02 Å². The lowest BCUT2D eigenvalue weighted by atomic mass is 9.95. The van der Waals surface area contributed by atoms with Gasteiger partial charge in [-0.05, 0) is 56.9 Å². The molecule has 0 spiro atoms. The molecule has 2 aromatic rings. The Balaban J connectivity index is 2.13. The molecule has 0 bridgehead atoms. The minimum atomic E-state index is -0.916. The van der Waals surface area contributed by atoms with Crippen LogP contribution >= 0.6 is 11.6 Å². The van der Waals surface area contributed by atoms with Gasteiger partial charge in [0.15, 0.2) is 0 Å². The van der Waals surface area contributed by atoms with Crippen molar-refractivity contribution in [3.05, 3.63) is 70.0 Å². The molecule has 2 aromatic carbocycles. The van der Waals surface area contributed by atoms with E-state index in [0.29, 0.717) is 24.5 Å². The van der Waals surface area contributed by atoms with E-state index in [1.54, 1.807) is 18.2 Å². The second-order valence-corrected chi connectivity index (χ2v) is 7.84. The highest BCUT2D eigenvalue weighted by Crippen LogP contribution is 2.40. The van der Waals surface area contributed by atoms with Gasteiger partial charge in [0.25, 0.3) is 11.7 Å². The molecule has 1 saturated heterocycles. The molecule has 31 heavy (non-hydrogen) atoms. The fourth-order valence-corrected chi connectivity index (χ4v) is 3.75. The van der Waals surface area contributed by atoms with E-state index in [1.807, 2.05) is 25.9 Å². The van der Waals surface area contributed by atoms with Crippen LogP contribution in [0.4, 0.5) is 4.39 Å². The Bertz CT molecular complexity index is 1040. The molecule has 6 nitrogen and oxygen atoms in total. The number of hydrogen-bond donors (Lipinski definition) is 1. The third-order valence-electron chi connectivity index (χ3n) is 5.00. The minimum absolute atomic E-state index is 0.102. The van der Waals surface area contributed by atoms with Crippen LogP contribution in [-0.4, -0.2) is 60.4 Å². The third-order valence-corrected chi connectivity index (χ3v) is 5.29. The van der Waals surface area contributed by atoms with Crippen molar-refractivity contribution in [1.29, 1.82) is 0 Å². The standard InChI is InChI=1S/C23H24ClFN2O4/c1-4-31-18-9-8-15(13-17(18)24)21(28)19-20(14-6-5-7-16(25)12-14)27(11-10-26(2)3)23(30)22(19)29/h5-9,12-13,20,28H,4,10-11H2,1-3H3/t20-/m0/s1. The van der Waals surface area contributed by atoms with Crippen molar-refractivity contribution in [3.63, 3.8) is 0 Å². The zero-order chi connectivity index (χ0) is 22.7. The molecule has 0 aromatic heterocycles. The molecule has 1 fully saturated rings. The number of likely N-dealkylation sites (tertiary alicyclic amines) is 1. The van der Waals surface area contributed by atoms with E-state index in [1.165, 1.54) is 29.2 Å². The van der Waals surface area contributed by atoms with E-state index in [4.69, 9.17) is 16.3 Å². The van der Waals surface area contributed by atoms with E-state index in [-0.39, 0.29) is 28.5 Å². The summed E-state index contributed by atoms with van der Waals surface area (Å²) in [6.45, 7) is 2.97. The van der Waals surface area contributed by atoms with Gasteiger partial charge in [0, 0.05) is 18.7 Å². The van der Waals surface area contributed by atoms with Gasteiger partial charge in [0.2, 0.25) is 0 Å². The summed E-state index contributed by atoms with van der Waals surface area (Å²) >= 11 is 6.24. The van der Waals surface area contributed by atoms with Crippen molar-refractivity contribution in [2.45, 2.75) is 13.0 Å². The smallest absolute Gasteiger partial charge is 0.295 e. The molecule has 1 heterocycles. The number of rotatable bonds is 7. The van der Waals surface area contributed by atoms with E-state index >= 15 is 0 Å². The van der Waals surface area contributed by atoms with E-state index < -0.39 is 23.5 Å². The molecular formula is C23H24ClFN2O4. The highest BCUT2D eigenvalue weighted by molar-refractivity contribution is 6.46. The first-order chi connectivity index (χ1) is 14.7. The van der Waals surface area contributed by atoms with Crippen molar-refractivity contribution in [1.82, 2.24) is 9.80 Å². The van der Waals surface area contributed by atoms with Crippen LogP contribution in [0.5, 0.6) is 5.75 Å². The molecule has 1 N–H and O–H groups in total. The molecular weight excluding hydrogens is 423 g/mol. The first-order valence-corrected chi connectivity index (χ1v) is 10.2. The number of halogens is 2. The molecule has 1 amide bonds. The third kappa shape index (κ3) is 4.73. The van der Waals surface area contributed by atoms with Crippen molar-refractivity contribution in [2.75, 3.05) is 33.8 Å². The predicted molar refractivity (Wildman–Crippen MR) is 117 cm³/mol. The van der Waals surface area contributed by atoms with E-state index in [0.717, 1.165) is 0 Å². The quantitative estimate of drug-likeness (QED) is 0.397. The van der Waals surface area contributed by atoms with Crippen LogP contribution in [0.25, 0.3) is 5.76 Å². The van der Waals surface area contributed by atoms with Crippen LogP contribution in [0.3, 0.4) is 0 Å². The number of likely N-dealkylation sites (N-methyl/N-ethyl adjacent to an activating group) is 1. The van der Waals surface area contributed by atoms with Crippen LogP contribution in [-0.2, 0) is 9.59 Å². The summed E-state index contributed by atoms with van der Waals surface area (Å²) < 4.78 is 19.4. The molecule has 164 valence electrons. The summed E-state index contributed by atoms with van der Waals surface area (Å²) in [5.41, 5.74) is 0.562. The van der Waals surface area contributed by atoms with Crippen LogP contribution < -0.4 is 4.74 Å². The second-order valence-electron chi connectivity index (χ2n) is 7.43. The lowest BCUT2D eigenvalue weighted by Gasteiger charge is -2.26. The predicted octanol–water partition coefficient (Wildman–Crippen LogP) is 3.86. The van der Waals surface area contributed by atoms with Gasteiger partial charge in [0.05, 0.1) is 23.2 Å². The molecule has 3 rings (SSSR count). The summed E-state index contributed by atoms with van der Waals surface area (Å²) in [7, 11) is 3.69. The first-order valence-electron chi connectivity index (χ1n) is 9.86. The summed E-state index contributed by atoms with van der Waals surface area (Å²) in [5.74, 6) is -2.00. The number of aliphatic hydroxyl groups excluding tert-OH is 1. The maximum absolute atomic E-state index is 14.0. The number of ether oxygens (including phenoxy) is 1. The molecule has 1 aliphatic heterocycles. The number of aliphatic hydroxyl groups is 1. The second kappa shape index (κ2) is 9.49. The zero-order valence-corrected chi connectivity index (χ0v) is 18.3. The Morgan fingerprint density at radius 1 is 1.23 bits per heavy atom. The molecule has 0 saturated carbocycles. The van der Waals surface area contributed by atoms with Crippen LogP contribution in [0.15, 0.2) is 48.0 Å². The van der Waals surface area contributed by atoms with Gasteiger partial charge >= 0.3 is 0 Å². The maximum atomic E-state index is 14.0. The average Bonchev–Trinajstić information content (AvgIpc) is 2.98. The summed E-state index contributed by atoms with van der Waals surface area (Å²) in [6, 6.07) is 9.37. The number of ketones is 1. The zero-order valence-electron chi connectivity index (χ0n) is 17.6. The molecule has 8 heteroatoms. The Morgan fingerprint density at radius 2 is 1.97 bits per heavy atom. The van der Waals surface area contributed by atoms with Gasteiger partial charge < -0.3 is 19.6 Å². The Hall–Kier alpha value is -2.90. The van der Waals surface area contributed by atoms with E-state index in [2.05, 4.69) is 0 Å². The summed E-state index contributed by atoms with van der Waals surface area (Å²) in [5, 5.41) is 11.3. The molecule has 0 unspecified atom stereocenters. The van der Waals surface area contributed by atoms with Gasteiger partial charge in [-0.1, -0.05) is 23.7 Å². The highest BCUT2D eigenvalue weighted by atomic mass is 35.5. The Morgan fingerprint density at radius 3 is 2.58 bits per heavy atom. The number of benzene rings is 2. The van der Waals surface area contributed by atoms with Crippen molar-refractivity contribution in [2.24, 2.45) is 0 Å². The van der Waals surface area contributed by atoms with Gasteiger partial charge in [-0.3, -0.25) is 9.59 Å². The number of Topliss-reactive ketones (excluding diaryl/α,β-unsaturated/α-hetero) is 1. The SMILES string of the molecule is CCOc1ccc(C(O)=C2C(=O)C(=O)N(CCN(C)C)[C@H]2c2cccc(F)c2)cc1Cl. The van der Waals surface area contributed by atoms with Crippen molar-refractivity contribution < 1.29 is 23.8 Å². The minimum Gasteiger partial charge on any atom is -0.507 e.